The molecule has 1 N–H and O–H groups in total. The summed E-state index contributed by atoms with van der Waals surface area (Å²) in [5.41, 5.74) is 0. The Balaban J connectivity index is 1.76. The van der Waals surface area contributed by atoms with Crippen LogP contribution in [0, 0.1) is 17.8 Å². The van der Waals surface area contributed by atoms with Crippen LogP contribution in [0.2, 0.25) is 0 Å². The highest BCUT2D eigenvalue weighted by molar-refractivity contribution is 5.79. The minimum absolute atomic E-state index is 0.659. The Morgan fingerprint density at radius 2 is 2.10 bits per heavy atom. The molecule has 1 saturated heterocycles. The van der Waals surface area contributed by atoms with Gasteiger partial charge in [-0.25, -0.2) is 0 Å². The zero-order valence-corrected chi connectivity index (χ0v) is 13.4. The van der Waals surface area contributed by atoms with Gasteiger partial charge in [-0.2, -0.15) is 0 Å². The van der Waals surface area contributed by atoms with E-state index >= 15 is 0 Å². The Morgan fingerprint density at radius 3 is 2.75 bits per heavy atom. The second-order valence-corrected chi connectivity index (χ2v) is 6.56. The maximum atomic E-state index is 5.45. The molecule has 1 aliphatic heterocycles. The molecule has 0 aromatic rings. The van der Waals surface area contributed by atoms with Crippen molar-refractivity contribution >= 4 is 5.96 Å². The van der Waals surface area contributed by atoms with E-state index in [4.69, 9.17) is 4.74 Å². The molecule has 3 atom stereocenters. The molecule has 1 saturated carbocycles. The van der Waals surface area contributed by atoms with Gasteiger partial charge in [0.1, 0.15) is 0 Å². The first-order valence-electron chi connectivity index (χ1n) is 8.20. The predicted octanol–water partition coefficient (Wildman–Crippen LogP) is 2.36. The van der Waals surface area contributed by atoms with Gasteiger partial charge < -0.3 is 15.0 Å². The molecule has 20 heavy (non-hydrogen) atoms. The molecule has 2 rings (SSSR count). The Morgan fingerprint density at radius 1 is 1.30 bits per heavy atom. The average Bonchev–Trinajstić information content (AvgIpc) is 2.94. The van der Waals surface area contributed by atoms with Crippen LogP contribution in [-0.2, 0) is 4.74 Å². The summed E-state index contributed by atoms with van der Waals surface area (Å²) in [6, 6.07) is 0. The highest BCUT2D eigenvalue weighted by Gasteiger charge is 2.23. The quantitative estimate of drug-likeness (QED) is 0.635. The molecule has 116 valence electrons. The van der Waals surface area contributed by atoms with Crippen molar-refractivity contribution in [2.75, 3.05) is 40.4 Å². The van der Waals surface area contributed by atoms with Crippen LogP contribution in [0.25, 0.3) is 0 Å². The fourth-order valence-corrected chi connectivity index (χ4v) is 3.50. The van der Waals surface area contributed by atoms with E-state index < -0.39 is 0 Å². The lowest BCUT2D eigenvalue weighted by molar-refractivity contribution is 0.181. The molecule has 2 fully saturated rings. The zero-order valence-electron chi connectivity index (χ0n) is 13.4. The van der Waals surface area contributed by atoms with Gasteiger partial charge in [0.15, 0.2) is 5.96 Å². The van der Waals surface area contributed by atoms with Crippen LogP contribution < -0.4 is 5.32 Å². The lowest BCUT2D eigenvalue weighted by Gasteiger charge is -2.31. The van der Waals surface area contributed by atoms with Gasteiger partial charge in [-0.05, 0) is 24.7 Å². The maximum Gasteiger partial charge on any atom is 0.193 e. The third-order valence-electron chi connectivity index (χ3n) is 4.94. The molecular formula is C16H31N3O. The first-order chi connectivity index (χ1) is 9.70. The van der Waals surface area contributed by atoms with Crippen LogP contribution in [0.15, 0.2) is 4.99 Å². The number of ether oxygens (including phenoxy) is 1. The van der Waals surface area contributed by atoms with Crippen molar-refractivity contribution in [2.45, 2.75) is 39.0 Å². The minimum atomic E-state index is 0.659. The Labute approximate surface area is 124 Å². The average molecular weight is 281 g/mol. The van der Waals surface area contributed by atoms with Gasteiger partial charge in [-0.15, -0.1) is 0 Å². The van der Waals surface area contributed by atoms with Crippen molar-refractivity contribution in [3.05, 3.63) is 0 Å². The Bertz CT molecular complexity index is 313. The minimum Gasteiger partial charge on any atom is -0.381 e. The van der Waals surface area contributed by atoms with Crippen molar-refractivity contribution in [3.63, 3.8) is 0 Å². The van der Waals surface area contributed by atoms with Crippen molar-refractivity contribution in [1.82, 2.24) is 10.2 Å². The number of guanidine groups is 1. The van der Waals surface area contributed by atoms with E-state index in [1.165, 1.54) is 32.1 Å². The molecule has 0 spiro atoms. The lowest BCUT2D eigenvalue weighted by atomic mass is 9.80. The number of nitrogens with one attached hydrogen (secondary N) is 1. The van der Waals surface area contributed by atoms with Gasteiger partial charge in [-0.1, -0.05) is 26.2 Å². The fourth-order valence-electron chi connectivity index (χ4n) is 3.50. The van der Waals surface area contributed by atoms with E-state index in [2.05, 4.69) is 29.2 Å². The van der Waals surface area contributed by atoms with Gasteiger partial charge in [0.2, 0.25) is 0 Å². The summed E-state index contributed by atoms with van der Waals surface area (Å²) in [4.78, 5) is 6.69. The standard InChI is InChI=1S/C16H31N3O/c1-13-6-4-5-7-15(13)10-18-16(17-2)19(3)11-14-8-9-20-12-14/h13-15H,4-12H2,1-3H3,(H,17,18). The second kappa shape index (κ2) is 7.87. The van der Waals surface area contributed by atoms with Crippen LogP contribution in [0.3, 0.4) is 0 Å². The number of aliphatic imine (C=N–C) groups is 1. The third kappa shape index (κ3) is 4.37. The molecule has 0 amide bonds. The SMILES string of the molecule is CN=C(NCC1CCCCC1C)N(C)CC1CCOC1. The van der Waals surface area contributed by atoms with Crippen LogP contribution in [-0.4, -0.2) is 51.3 Å². The van der Waals surface area contributed by atoms with E-state index in [1.54, 1.807) is 0 Å². The number of nitrogens with zero attached hydrogens (tertiary/aromatic N) is 2. The van der Waals surface area contributed by atoms with Crippen molar-refractivity contribution < 1.29 is 4.74 Å². The number of rotatable bonds is 4. The molecule has 1 aliphatic carbocycles. The van der Waals surface area contributed by atoms with Gasteiger partial charge in [0.05, 0.1) is 6.61 Å². The molecular weight excluding hydrogens is 250 g/mol. The first-order valence-corrected chi connectivity index (χ1v) is 8.20. The summed E-state index contributed by atoms with van der Waals surface area (Å²) in [6.45, 7) is 6.33. The summed E-state index contributed by atoms with van der Waals surface area (Å²) in [5.74, 6) is 3.36. The predicted molar refractivity (Wildman–Crippen MR) is 84.0 cm³/mol. The Kier molecular flexibility index (Phi) is 6.14. The molecule has 4 nitrogen and oxygen atoms in total. The van der Waals surface area contributed by atoms with Gasteiger partial charge in [-0.3, -0.25) is 4.99 Å². The zero-order chi connectivity index (χ0) is 14.4. The van der Waals surface area contributed by atoms with E-state index in [9.17, 15) is 0 Å². The maximum absolute atomic E-state index is 5.45. The van der Waals surface area contributed by atoms with Crippen LogP contribution >= 0.6 is 0 Å². The summed E-state index contributed by atoms with van der Waals surface area (Å²) in [7, 11) is 4.02. The molecule has 3 unspecified atom stereocenters. The molecule has 1 heterocycles. The molecule has 0 bridgehead atoms. The van der Waals surface area contributed by atoms with Gasteiger partial charge in [0.25, 0.3) is 0 Å². The fraction of sp³-hybridized carbons (Fsp3) is 0.938. The lowest BCUT2D eigenvalue weighted by Crippen LogP contribution is -2.44. The summed E-state index contributed by atoms with van der Waals surface area (Å²) >= 11 is 0. The van der Waals surface area contributed by atoms with E-state index in [-0.39, 0.29) is 0 Å². The highest BCUT2D eigenvalue weighted by Crippen LogP contribution is 2.28. The molecule has 0 aromatic carbocycles. The van der Waals surface area contributed by atoms with Crippen molar-refractivity contribution in [3.8, 4) is 0 Å². The van der Waals surface area contributed by atoms with E-state index in [0.29, 0.717) is 5.92 Å². The number of hydrogen-bond donors (Lipinski definition) is 1. The highest BCUT2D eigenvalue weighted by atomic mass is 16.5. The van der Waals surface area contributed by atoms with E-state index in [0.717, 1.165) is 44.1 Å². The van der Waals surface area contributed by atoms with Crippen molar-refractivity contribution in [1.29, 1.82) is 0 Å². The normalized spacial score (nSPS) is 31.4. The van der Waals surface area contributed by atoms with Gasteiger partial charge >= 0.3 is 0 Å². The summed E-state index contributed by atoms with van der Waals surface area (Å²) in [5, 5.41) is 3.58. The van der Waals surface area contributed by atoms with Crippen LogP contribution in [0.4, 0.5) is 0 Å². The molecule has 0 aromatic heterocycles. The third-order valence-corrected chi connectivity index (χ3v) is 4.94. The van der Waals surface area contributed by atoms with Crippen LogP contribution in [0.5, 0.6) is 0 Å². The van der Waals surface area contributed by atoms with Crippen LogP contribution in [0.1, 0.15) is 39.0 Å². The molecule has 0 radical (unpaired) electrons. The smallest absolute Gasteiger partial charge is 0.193 e. The summed E-state index contributed by atoms with van der Waals surface area (Å²) in [6.07, 6.45) is 6.74. The van der Waals surface area contributed by atoms with Crippen molar-refractivity contribution in [2.24, 2.45) is 22.7 Å². The van der Waals surface area contributed by atoms with E-state index in [1.807, 2.05) is 7.05 Å². The first kappa shape index (κ1) is 15.6. The topological polar surface area (TPSA) is 36.9 Å². The summed E-state index contributed by atoms with van der Waals surface area (Å²) < 4.78 is 5.45. The molecule has 2 aliphatic rings. The number of hydrogen-bond acceptors (Lipinski definition) is 2. The second-order valence-electron chi connectivity index (χ2n) is 6.56. The largest absolute Gasteiger partial charge is 0.381 e. The Hall–Kier alpha value is -0.770. The monoisotopic (exact) mass is 281 g/mol. The molecule has 4 heteroatoms. The van der Waals surface area contributed by atoms with Gasteiger partial charge in [0, 0.05) is 39.7 Å².